The number of hydrogen-bond donors (Lipinski definition) is 0. The monoisotopic (exact) mass is 532 g/mol. The summed E-state index contributed by atoms with van der Waals surface area (Å²) in [7, 11) is -10.8. The standard InChI is InChI=1S/C15H10O2.3Ca.2H3O4P/c16-13-10-15(11-6-2-1-3-7-11)17-14-9-5-4-8-12(13)14;;;;2*1-5(2,3)4/h1-10H;;;;2*(H3,1,2,3,4)/q;3*+2;;/p-6. The third kappa shape index (κ3) is 18.1. The molecule has 0 atom stereocenters. The molecule has 0 radical (unpaired) electrons. The molecule has 30 heavy (non-hydrogen) atoms. The fourth-order valence-electron chi connectivity index (χ4n) is 1.85. The Morgan fingerprint density at radius 1 is 0.667 bits per heavy atom. The number of para-hydroxylation sites is 1. The number of fused-ring (bicyclic) bond motifs is 1. The van der Waals surface area contributed by atoms with Crippen molar-refractivity contribution >= 4 is 140 Å². The van der Waals surface area contributed by atoms with Gasteiger partial charge in [-0.3, -0.25) is 4.79 Å². The number of phosphoric acid groups is 2. The predicted molar refractivity (Wildman–Crippen MR) is 100 cm³/mol. The average Bonchev–Trinajstić information content (AvgIpc) is 2.52. The Morgan fingerprint density at radius 2 is 1.07 bits per heavy atom. The molecule has 0 saturated heterocycles. The van der Waals surface area contributed by atoms with E-state index in [1.165, 1.54) is 6.07 Å². The Kier molecular flexibility index (Phi) is 20.7. The van der Waals surface area contributed by atoms with Crippen LogP contribution < -0.4 is 34.8 Å². The van der Waals surface area contributed by atoms with Crippen LogP contribution in [0.1, 0.15) is 0 Å². The molecule has 0 aliphatic heterocycles. The van der Waals surface area contributed by atoms with Gasteiger partial charge in [-0.15, -0.1) is 0 Å². The summed E-state index contributed by atoms with van der Waals surface area (Å²) in [6, 6.07) is 18.4. The van der Waals surface area contributed by atoms with Crippen LogP contribution in [0.15, 0.2) is 69.9 Å². The minimum absolute atomic E-state index is 0. The summed E-state index contributed by atoms with van der Waals surface area (Å²) in [4.78, 5) is 63.2. The summed E-state index contributed by atoms with van der Waals surface area (Å²) in [5.41, 5.74) is 1.53. The Bertz CT molecular complexity index is 997. The zero-order valence-electron chi connectivity index (χ0n) is 15.4. The van der Waals surface area contributed by atoms with Gasteiger partial charge in [0.25, 0.3) is 0 Å². The molecule has 0 fully saturated rings. The maximum atomic E-state index is 11.9. The van der Waals surface area contributed by atoms with Gasteiger partial charge in [0.05, 0.1) is 5.39 Å². The molecule has 0 saturated carbocycles. The topological polar surface area (TPSA) is 203 Å². The van der Waals surface area contributed by atoms with Crippen molar-refractivity contribution in [2.75, 3.05) is 0 Å². The molecule has 0 N–H and O–H groups in total. The Labute approximate surface area is 260 Å². The van der Waals surface area contributed by atoms with Crippen molar-refractivity contribution in [2.24, 2.45) is 0 Å². The van der Waals surface area contributed by atoms with Crippen LogP contribution in [-0.4, -0.2) is 113 Å². The zero-order chi connectivity index (χ0) is 20.7. The van der Waals surface area contributed by atoms with Crippen molar-refractivity contribution in [3.8, 4) is 11.3 Å². The molecular formula is C15H10Ca3O10P2. The van der Waals surface area contributed by atoms with E-state index >= 15 is 0 Å². The molecule has 146 valence electrons. The van der Waals surface area contributed by atoms with Crippen LogP contribution in [0.2, 0.25) is 0 Å². The molecule has 1 aromatic heterocycles. The summed E-state index contributed by atoms with van der Waals surface area (Å²) >= 11 is 0. The second-order valence-electron chi connectivity index (χ2n) is 4.73. The Balaban J connectivity index is -0.000000481. The van der Waals surface area contributed by atoms with Gasteiger partial charge in [-0.05, 0) is 12.1 Å². The second-order valence-corrected chi connectivity index (χ2v) is 6.52. The first-order chi connectivity index (χ1) is 12.3. The molecule has 0 spiro atoms. The molecule has 0 bridgehead atoms. The SMILES string of the molecule is O=P([O-])([O-])[O-].O=P([O-])([O-])[O-].O=c1cc(-c2ccccc2)oc2ccccc12.[Ca+2].[Ca+2].[Ca+2]. The smallest absolute Gasteiger partial charge is 0.822 e. The summed E-state index contributed by atoms with van der Waals surface area (Å²) < 4.78 is 22.8. The van der Waals surface area contributed by atoms with E-state index in [0.717, 1.165) is 5.56 Å². The number of benzene rings is 2. The van der Waals surface area contributed by atoms with Crippen molar-refractivity contribution in [2.45, 2.75) is 0 Å². The van der Waals surface area contributed by atoms with E-state index in [1.807, 2.05) is 48.5 Å². The van der Waals surface area contributed by atoms with E-state index in [9.17, 15) is 4.79 Å². The van der Waals surface area contributed by atoms with Gasteiger partial charge in [0.1, 0.15) is 11.3 Å². The Morgan fingerprint density at radius 3 is 1.53 bits per heavy atom. The van der Waals surface area contributed by atoms with Gasteiger partial charge >= 0.3 is 113 Å². The van der Waals surface area contributed by atoms with E-state index in [1.54, 1.807) is 6.07 Å². The van der Waals surface area contributed by atoms with Crippen LogP contribution >= 0.6 is 15.6 Å². The first kappa shape index (κ1) is 36.2. The van der Waals surface area contributed by atoms with E-state index in [4.69, 9.17) is 42.9 Å². The average molecular weight is 532 g/mol. The van der Waals surface area contributed by atoms with E-state index in [2.05, 4.69) is 0 Å². The Hall–Kier alpha value is 1.65. The quantitative estimate of drug-likeness (QED) is 0.225. The van der Waals surface area contributed by atoms with Crippen LogP contribution in [0, 0.1) is 0 Å². The van der Waals surface area contributed by atoms with Crippen LogP contribution in [-0.2, 0) is 9.13 Å². The summed E-state index contributed by atoms with van der Waals surface area (Å²) in [6.45, 7) is 0. The molecule has 0 amide bonds. The zero-order valence-corrected chi connectivity index (χ0v) is 23.8. The van der Waals surface area contributed by atoms with E-state index < -0.39 is 15.6 Å². The van der Waals surface area contributed by atoms with Crippen molar-refractivity contribution in [3.05, 3.63) is 70.9 Å². The van der Waals surface area contributed by atoms with Gasteiger partial charge in [-0.1, -0.05) is 42.5 Å². The second kappa shape index (κ2) is 17.1. The fourth-order valence-corrected chi connectivity index (χ4v) is 1.85. The van der Waals surface area contributed by atoms with Gasteiger partial charge < -0.3 is 42.9 Å². The molecule has 3 rings (SSSR count). The summed E-state index contributed by atoms with van der Waals surface area (Å²) in [6.07, 6.45) is 0. The van der Waals surface area contributed by atoms with Gasteiger partial charge in [-0.25, -0.2) is 0 Å². The molecule has 10 nitrogen and oxygen atoms in total. The van der Waals surface area contributed by atoms with Gasteiger partial charge in [0.2, 0.25) is 0 Å². The normalized spacial score (nSPS) is 9.93. The largest absolute Gasteiger partial charge is 2.00 e. The first-order valence-corrected chi connectivity index (χ1v) is 9.81. The maximum Gasteiger partial charge on any atom is 2.00 e. The minimum Gasteiger partial charge on any atom is -0.822 e. The van der Waals surface area contributed by atoms with Crippen LogP contribution in [0.25, 0.3) is 22.3 Å². The maximum absolute atomic E-state index is 11.9. The predicted octanol–water partition coefficient (Wildman–Crippen LogP) is -3.33. The summed E-state index contributed by atoms with van der Waals surface area (Å²) in [5, 5.41) is 0.618. The number of hydrogen-bond acceptors (Lipinski definition) is 10. The van der Waals surface area contributed by atoms with Crippen LogP contribution in [0.3, 0.4) is 0 Å². The van der Waals surface area contributed by atoms with Gasteiger partial charge in [0, 0.05) is 11.6 Å². The van der Waals surface area contributed by atoms with Gasteiger partial charge in [-0.2, -0.15) is 15.6 Å². The van der Waals surface area contributed by atoms with E-state index in [-0.39, 0.29) is 119 Å². The molecule has 0 aliphatic carbocycles. The molecular weight excluding hydrogens is 522 g/mol. The van der Waals surface area contributed by atoms with Crippen molar-refractivity contribution in [3.63, 3.8) is 0 Å². The molecule has 2 aromatic carbocycles. The van der Waals surface area contributed by atoms with Crippen molar-refractivity contribution in [1.82, 2.24) is 0 Å². The fraction of sp³-hybridized carbons (Fsp3) is 0. The minimum atomic E-state index is -5.39. The van der Waals surface area contributed by atoms with Crippen molar-refractivity contribution < 1.29 is 42.9 Å². The van der Waals surface area contributed by atoms with Crippen LogP contribution in [0.4, 0.5) is 0 Å². The van der Waals surface area contributed by atoms with Crippen LogP contribution in [0.5, 0.6) is 0 Å². The molecule has 0 unspecified atom stereocenters. The van der Waals surface area contributed by atoms with E-state index in [0.29, 0.717) is 16.7 Å². The number of rotatable bonds is 1. The molecule has 15 heteroatoms. The first-order valence-electron chi connectivity index (χ1n) is 6.89. The third-order valence-electron chi connectivity index (χ3n) is 2.69. The molecule has 0 aliphatic rings. The molecule has 1 heterocycles. The van der Waals surface area contributed by atoms with Gasteiger partial charge in [0.15, 0.2) is 5.43 Å². The summed E-state index contributed by atoms with van der Waals surface area (Å²) in [5.74, 6) is 0.606. The van der Waals surface area contributed by atoms with Crippen molar-refractivity contribution in [1.29, 1.82) is 0 Å². The molecule has 3 aromatic rings. The third-order valence-corrected chi connectivity index (χ3v) is 2.69.